The van der Waals surface area contributed by atoms with E-state index >= 15 is 0 Å². The number of pyridine rings is 1. The van der Waals surface area contributed by atoms with Crippen LogP contribution in [0.5, 0.6) is 0 Å². The van der Waals surface area contributed by atoms with Crippen LogP contribution in [0.4, 0.5) is 5.69 Å². The van der Waals surface area contributed by atoms with Gasteiger partial charge in [-0.25, -0.2) is 4.98 Å². The number of hydrogen-bond donors (Lipinski definition) is 1. The second kappa shape index (κ2) is 7.01. The highest BCUT2D eigenvalue weighted by Gasteiger charge is 2.18. The molecule has 1 aliphatic heterocycles. The van der Waals surface area contributed by atoms with Crippen molar-refractivity contribution >= 4 is 28.1 Å². The molecule has 0 saturated carbocycles. The van der Waals surface area contributed by atoms with Crippen molar-refractivity contribution in [3.8, 4) is 0 Å². The Morgan fingerprint density at radius 1 is 1.50 bits per heavy atom. The number of H-pyrrole nitrogens is 1. The molecule has 5 heteroatoms. The van der Waals surface area contributed by atoms with Crippen LogP contribution in [-0.4, -0.2) is 41.6 Å². The van der Waals surface area contributed by atoms with Crippen LogP contribution in [0.1, 0.15) is 26.3 Å². The topological polar surface area (TPSA) is 58.2 Å². The van der Waals surface area contributed by atoms with Crippen molar-refractivity contribution in [3.63, 3.8) is 0 Å². The normalized spacial score (nSPS) is 19.4. The molecular weight excluding hydrogens is 302 g/mol. The fraction of sp³-hybridized carbons (Fsp3) is 0.368. The van der Waals surface area contributed by atoms with Gasteiger partial charge in [0.15, 0.2) is 5.78 Å². The van der Waals surface area contributed by atoms with E-state index in [1.165, 1.54) is 0 Å². The molecule has 0 bridgehead atoms. The lowest BCUT2D eigenvalue weighted by Crippen LogP contribution is -2.41. The summed E-state index contributed by atoms with van der Waals surface area (Å²) in [5.41, 5.74) is 3.80. The van der Waals surface area contributed by atoms with Crippen molar-refractivity contribution < 1.29 is 9.53 Å². The molecule has 0 aromatic carbocycles. The summed E-state index contributed by atoms with van der Waals surface area (Å²) in [4.78, 5) is 21.6. The van der Waals surface area contributed by atoms with Gasteiger partial charge in [-0.3, -0.25) is 4.79 Å². The number of nitrogens with one attached hydrogen (secondary N) is 1. The summed E-state index contributed by atoms with van der Waals surface area (Å²) in [6.07, 6.45) is 9.58. The number of carbonyl (C=O) groups excluding carboxylic acids is 1. The third-order valence-corrected chi connectivity index (χ3v) is 4.14. The minimum atomic E-state index is 0.0311. The second-order valence-corrected chi connectivity index (χ2v) is 6.13. The number of ether oxygens (including phenoxy) is 1. The van der Waals surface area contributed by atoms with E-state index in [0.717, 1.165) is 47.6 Å². The average molecular weight is 325 g/mol. The SMILES string of the molecule is C/C=C\C(=C/C(C)=O)c1c[nH]c2ncc(N3CCOC(C)C3)cc12. The Morgan fingerprint density at radius 3 is 3.04 bits per heavy atom. The van der Waals surface area contributed by atoms with Crippen LogP contribution in [0.15, 0.2) is 36.7 Å². The minimum Gasteiger partial charge on any atom is -0.375 e. The van der Waals surface area contributed by atoms with Crippen molar-refractivity contribution in [3.05, 3.63) is 42.3 Å². The third-order valence-electron chi connectivity index (χ3n) is 4.14. The highest BCUT2D eigenvalue weighted by atomic mass is 16.5. The second-order valence-electron chi connectivity index (χ2n) is 6.13. The van der Waals surface area contributed by atoms with Crippen molar-refractivity contribution in [1.82, 2.24) is 9.97 Å². The number of aromatic amines is 1. The Hall–Kier alpha value is -2.40. The first kappa shape index (κ1) is 16.5. The number of aromatic nitrogens is 2. The molecule has 0 radical (unpaired) electrons. The highest BCUT2D eigenvalue weighted by molar-refractivity contribution is 6.02. The van der Waals surface area contributed by atoms with Gasteiger partial charge < -0.3 is 14.6 Å². The molecule has 126 valence electrons. The molecule has 0 aliphatic carbocycles. The lowest BCUT2D eigenvalue weighted by molar-refractivity contribution is -0.112. The summed E-state index contributed by atoms with van der Waals surface area (Å²) < 4.78 is 5.62. The van der Waals surface area contributed by atoms with Crippen LogP contribution in [0.3, 0.4) is 0 Å². The van der Waals surface area contributed by atoms with Gasteiger partial charge in [0.1, 0.15) is 5.65 Å². The Kier molecular flexibility index (Phi) is 4.81. The molecule has 3 heterocycles. The Balaban J connectivity index is 2.04. The minimum absolute atomic E-state index is 0.0311. The van der Waals surface area contributed by atoms with Crippen LogP contribution in [0, 0.1) is 0 Å². The number of anilines is 1. The lowest BCUT2D eigenvalue weighted by Gasteiger charge is -2.32. The molecule has 1 saturated heterocycles. The molecule has 0 spiro atoms. The zero-order chi connectivity index (χ0) is 17.1. The standard InChI is InChI=1S/C19H23N3O2/c1-4-5-15(8-13(2)23)18-11-21-19-17(18)9-16(10-20-19)22-6-7-24-14(3)12-22/h4-5,8-11,14H,6-7,12H2,1-3H3,(H,20,21)/b5-4-,15-8+. The number of hydrogen-bond acceptors (Lipinski definition) is 4. The predicted octanol–water partition coefficient (Wildman–Crippen LogP) is 3.34. The predicted molar refractivity (Wildman–Crippen MR) is 97.2 cm³/mol. The summed E-state index contributed by atoms with van der Waals surface area (Å²) in [7, 11) is 0. The van der Waals surface area contributed by atoms with E-state index in [-0.39, 0.29) is 11.9 Å². The molecule has 24 heavy (non-hydrogen) atoms. The van der Waals surface area contributed by atoms with Crippen LogP contribution in [0.2, 0.25) is 0 Å². The first-order chi connectivity index (χ1) is 11.6. The third kappa shape index (κ3) is 3.41. The average Bonchev–Trinajstić information content (AvgIpc) is 2.97. The summed E-state index contributed by atoms with van der Waals surface area (Å²) >= 11 is 0. The monoisotopic (exact) mass is 325 g/mol. The molecule has 0 amide bonds. The van der Waals surface area contributed by atoms with E-state index in [0.29, 0.717) is 0 Å². The molecular formula is C19H23N3O2. The van der Waals surface area contributed by atoms with E-state index < -0.39 is 0 Å². The number of rotatable bonds is 4. The van der Waals surface area contributed by atoms with Crippen LogP contribution < -0.4 is 4.90 Å². The van der Waals surface area contributed by atoms with E-state index in [1.54, 1.807) is 13.0 Å². The van der Waals surface area contributed by atoms with Gasteiger partial charge in [-0.05, 0) is 38.5 Å². The van der Waals surface area contributed by atoms with E-state index in [1.807, 2.05) is 31.5 Å². The number of morpholine rings is 1. The largest absolute Gasteiger partial charge is 0.375 e. The van der Waals surface area contributed by atoms with Crippen molar-refractivity contribution in [2.75, 3.05) is 24.6 Å². The van der Waals surface area contributed by atoms with E-state index in [4.69, 9.17) is 4.74 Å². The fourth-order valence-electron chi connectivity index (χ4n) is 3.07. The smallest absolute Gasteiger partial charge is 0.153 e. The summed E-state index contributed by atoms with van der Waals surface area (Å²) in [6, 6.07) is 2.14. The first-order valence-corrected chi connectivity index (χ1v) is 8.27. The van der Waals surface area contributed by atoms with Crippen LogP contribution in [-0.2, 0) is 9.53 Å². The van der Waals surface area contributed by atoms with Gasteiger partial charge in [-0.15, -0.1) is 0 Å². The maximum atomic E-state index is 11.6. The molecule has 5 nitrogen and oxygen atoms in total. The van der Waals surface area contributed by atoms with Crippen LogP contribution >= 0.6 is 0 Å². The van der Waals surface area contributed by atoms with Gasteiger partial charge in [-0.2, -0.15) is 0 Å². The van der Waals surface area contributed by atoms with Gasteiger partial charge in [0.25, 0.3) is 0 Å². The van der Waals surface area contributed by atoms with Crippen LogP contribution in [0.25, 0.3) is 16.6 Å². The lowest BCUT2D eigenvalue weighted by atomic mass is 10.0. The number of fused-ring (bicyclic) bond motifs is 1. The molecule has 1 unspecified atom stereocenters. The molecule has 3 rings (SSSR count). The number of ketones is 1. The summed E-state index contributed by atoms with van der Waals surface area (Å²) in [5.74, 6) is 0.0311. The van der Waals surface area contributed by atoms with Crippen molar-refractivity contribution in [1.29, 1.82) is 0 Å². The molecule has 2 aromatic rings. The Labute approximate surface area is 142 Å². The highest BCUT2D eigenvalue weighted by Crippen LogP contribution is 2.29. The molecule has 1 N–H and O–H groups in total. The van der Waals surface area contributed by atoms with E-state index in [9.17, 15) is 4.79 Å². The number of nitrogens with zero attached hydrogens (tertiary/aromatic N) is 2. The zero-order valence-electron chi connectivity index (χ0n) is 14.4. The zero-order valence-corrected chi connectivity index (χ0v) is 14.4. The summed E-state index contributed by atoms with van der Waals surface area (Å²) in [6.45, 7) is 8.05. The molecule has 1 atom stereocenters. The number of carbonyl (C=O) groups is 1. The quantitative estimate of drug-likeness (QED) is 0.692. The van der Waals surface area contributed by atoms with Crippen molar-refractivity contribution in [2.45, 2.75) is 26.9 Å². The van der Waals surface area contributed by atoms with E-state index in [2.05, 4.69) is 27.9 Å². The molecule has 2 aromatic heterocycles. The van der Waals surface area contributed by atoms with Gasteiger partial charge >= 0.3 is 0 Å². The fourth-order valence-corrected chi connectivity index (χ4v) is 3.07. The molecule has 1 fully saturated rings. The number of allylic oxidation sites excluding steroid dienone is 4. The van der Waals surface area contributed by atoms with Gasteiger partial charge in [0.05, 0.1) is 24.6 Å². The maximum absolute atomic E-state index is 11.6. The Bertz CT molecular complexity index is 804. The summed E-state index contributed by atoms with van der Waals surface area (Å²) in [5, 5.41) is 1.03. The Morgan fingerprint density at radius 2 is 2.33 bits per heavy atom. The van der Waals surface area contributed by atoms with Crippen molar-refractivity contribution in [2.24, 2.45) is 0 Å². The molecule has 1 aliphatic rings. The maximum Gasteiger partial charge on any atom is 0.153 e. The van der Waals surface area contributed by atoms with Gasteiger partial charge in [0.2, 0.25) is 0 Å². The van der Waals surface area contributed by atoms with Gasteiger partial charge in [0, 0.05) is 30.2 Å². The first-order valence-electron chi connectivity index (χ1n) is 8.27. The van der Waals surface area contributed by atoms with Gasteiger partial charge in [-0.1, -0.05) is 12.2 Å².